The second kappa shape index (κ2) is 6.18. The lowest BCUT2D eigenvalue weighted by atomic mass is 9.70. The Morgan fingerprint density at radius 2 is 1.50 bits per heavy atom. The van der Waals surface area contributed by atoms with E-state index in [0.717, 1.165) is 4.90 Å². The van der Waals surface area contributed by atoms with E-state index < -0.39 is 58.8 Å². The smallest absolute Gasteiger partial charge is 0.407 e. The van der Waals surface area contributed by atoms with E-state index in [4.69, 9.17) is 5.11 Å². The molecule has 0 saturated carbocycles. The van der Waals surface area contributed by atoms with Crippen LogP contribution in [0.3, 0.4) is 0 Å². The summed E-state index contributed by atoms with van der Waals surface area (Å²) in [7, 11) is 0. The predicted octanol–water partition coefficient (Wildman–Crippen LogP) is 4.42. The number of halogens is 6. The fourth-order valence-corrected chi connectivity index (χ4v) is 2.76. The van der Waals surface area contributed by atoms with E-state index in [9.17, 15) is 31.1 Å². The maximum absolute atomic E-state index is 14.4. The number of rotatable bonds is 4. The third-order valence-corrected chi connectivity index (χ3v) is 4.52. The van der Waals surface area contributed by atoms with Crippen LogP contribution in [0.5, 0.6) is 0 Å². The van der Waals surface area contributed by atoms with E-state index in [1.807, 2.05) is 0 Å². The summed E-state index contributed by atoms with van der Waals surface area (Å²) < 4.78 is 81.0. The van der Waals surface area contributed by atoms with Gasteiger partial charge < -0.3 is 10.0 Å². The molecule has 134 valence electrons. The van der Waals surface area contributed by atoms with Gasteiger partial charge in [0.2, 0.25) is 5.82 Å². The van der Waals surface area contributed by atoms with E-state index in [-0.39, 0.29) is 19.0 Å². The molecule has 24 heavy (non-hydrogen) atoms. The topological polar surface area (TPSA) is 40.5 Å². The zero-order valence-corrected chi connectivity index (χ0v) is 12.8. The zero-order valence-electron chi connectivity index (χ0n) is 12.8. The van der Waals surface area contributed by atoms with E-state index in [1.54, 1.807) is 13.8 Å². The van der Waals surface area contributed by atoms with Gasteiger partial charge in [0.1, 0.15) is 6.17 Å². The molecule has 1 amide bonds. The van der Waals surface area contributed by atoms with Gasteiger partial charge in [-0.05, 0) is 17.8 Å². The van der Waals surface area contributed by atoms with Crippen molar-refractivity contribution in [3.05, 3.63) is 34.6 Å². The molecule has 0 aliphatic carbocycles. The molecule has 0 aromatic heterocycles. The van der Waals surface area contributed by atoms with Gasteiger partial charge in [-0.15, -0.1) is 0 Å². The number of carboxylic acid groups (broad SMARTS) is 1. The number of hydrogen-bond acceptors (Lipinski definition) is 1. The molecule has 1 heterocycles. The minimum absolute atomic E-state index is 0.117. The summed E-state index contributed by atoms with van der Waals surface area (Å²) in [5.41, 5.74) is -2.39. The Balaban J connectivity index is 2.21. The van der Waals surface area contributed by atoms with Crippen LogP contribution >= 0.6 is 0 Å². The number of amides is 1. The van der Waals surface area contributed by atoms with Gasteiger partial charge in [-0.25, -0.2) is 31.1 Å². The van der Waals surface area contributed by atoms with Crippen molar-refractivity contribution in [2.45, 2.75) is 26.4 Å². The van der Waals surface area contributed by atoms with Crippen LogP contribution in [0.15, 0.2) is 0 Å². The van der Waals surface area contributed by atoms with Gasteiger partial charge in [0.05, 0.1) is 5.56 Å². The number of likely N-dealkylation sites (tertiary alicyclic amines) is 1. The van der Waals surface area contributed by atoms with E-state index in [2.05, 4.69) is 0 Å². The van der Waals surface area contributed by atoms with Crippen LogP contribution in [0, 0.1) is 40.4 Å². The van der Waals surface area contributed by atoms with Gasteiger partial charge >= 0.3 is 6.09 Å². The van der Waals surface area contributed by atoms with Gasteiger partial charge in [-0.1, -0.05) is 13.8 Å². The first-order valence-electron chi connectivity index (χ1n) is 7.10. The predicted molar refractivity (Wildman–Crippen MR) is 71.6 cm³/mol. The van der Waals surface area contributed by atoms with Crippen LogP contribution in [0.1, 0.15) is 32.0 Å². The van der Waals surface area contributed by atoms with Crippen LogP contribution in [0.2, 0.25) is 0 Å². The molecule has 1 aliphatic heterocycles. The van der Waals surface area contributed by atoms with Crippen molar-refractivity contribution >= 4 is 6.09 Å². The molecule has 9 heteroatoms. The van der Waals surface area contributed by atoms with Gasteiger partial charge in [0.25, 0.3) is 0 Å². The van der Waals surface area contributed by atoms with Crippen LogP contribution in [0.25, 0.3) is 0 Å². The Hall–Kier alpha value is -1.93. The summed E-state index contributed by atoms with van der Waals surface area (Å²) in [6, 6.07) is 0. The molecule has 1 saturated heterocycles. The molecule has 0 spiro atoms. The molecule has 0 radical (unpaired) electrons. The van der Waals surface area contributed by atoms with Crippen molar-refractivity contribution < 1.29 is 36.2 Å². The molecule has 1 fully saturated rings. The van der Waals surface area contributed by atoms with Crippen molar-refractivity contribution in [2.24, 2.45) is 11.3 Å². The monoisotopic (exact) mass is 355 g/mol. The van der Waals surface area contributed by atoms with Crippen LogP contribution in [0.4, 0.5) is 31.1 Å². The number of nitrogens with zero attached hydrogens (tertiary/aromatic N) is 1. The van der Waals surface area contributed by atoms with Gasteiger partial charge in [-0.2, -0.15) is 0 Å². The molecule has 0 bridgehead atoms. The standard InChI is InChI=1S/C15H15F6NO2/c1-15(2,6-4-22(5-6)14(23)24)3-7(16)8-9(17)11(19)13(21)12(20)10(8)18/h6-7H,3-5H2,1-2H3,(H,23,24). The Labute approximate surface area is 133 Å². The fraction of sp³-hybridized carbons (Fsp3) is 0.533. The normalized spacial score (nSPS) is 16.9. The Morgan fingerprint density at radius 3 is 1.92 bits per heavy atom. The highest BCUT2D eigenvalue weighted by Crippen LogP contribution is 2.43. The third kappa shape index (κ3) is 3.03. The first kappa shape index (κ1) is 18.4. The number of hydrogen-bond donors (Lipinski definition) is 1. The molecule has 2 rings (SSSR count). The fourth-order valence-electron chi connectivity index (χ4n) is 2.76. The zero-order chi connectivity index (χ0) is 18.4. The lowest BCUT2D eigenvalue weighted by Crippen LogP contribution is -2.55. The lowest BCUT2D eigenvalue weighted by molar-refractivity contribution is 0.00612. The minimum Gasteiger partial charge on any atom is -0.465 e. The minimum atomic E-state index is -2.41. The van der Waals surface area contributed by atoms with Crippen LogP contribution in [-0.2, 0) is 0 Å². The summed E-state index contributed by atoms with van der Waals surface area (Å²) in [5.74, 6) is -11.4. The first-order chi connectivity index (χ1) is 11.0. The van der Waals surface area contributed by atoms with E-state index in [1.165, 1.54) is 0 Å². The largest absolute Gasteiger partial charge is 0.465 e. The van der Waals surface area contributed by atoms with E-state index >= 15 is 0 Å². The second-order valence-corrected chi connectivity index (χ2v) is 6.53. The van der Waals surface area contributed by atoms with Crippen LogP contribution in [-0.4, -0.2) is 29.2 Å². The molecular formula is C15H15F6NO2. The van der Waals surface area contributed by atoms with Gasteiger partial charge in [0.15, 0.2) is 23.3 Å². The summed E-state index contributed by atoms with van der Waals surface area (Å²) in [4.78, 5) is 11.8. The van der Waals surface area contributed by atoms with Crippen LogP contribution < -0.4 is 0 Å². The van der Waals surface area contributed by atoms with Crippen molar-refractivity contribution in [1.29, 1.82) is 0 Å². The molecule has 1 aromatic rings. The summed E-state index contributed by atoms with van der Waals surface area (Å²) >= 11 is 0. The summed E-state index contributed by atoms with van der Waals surface area (Å²) in [6.45, 7) is 3.34. The highest BCUT2D eigenvalue weighted by Gasteiger charge is 2.43. The van der Waals surface area contributed by atoms with Crippen molar-refractivity contribution in [1.82, 2.24) is 4.90 Å². The third-order valence-electron chi connectivity index (χ3n) is 4.52. The maximum Gasteiger partial charge on any atom is 0.407 e. The van der Waals surface area contributed by atoms with Crippen molar-refractivity contribution in [3.8, 4) is 0 Å². The van der Waals surface area contributed by atoms with E-state index in [0.29, 0.717) is 0 Å². The molecule has 1 aromatic carbocycles. The molecule has 3 nitrogen and oxygen atoms in total. The SMILES string of the molecule is CC(C)(CC(F)c1c(F)c(F)c(F)c(F)c1F)C1CN(C(=O)O)C1. The van der Waals surface area contributed by atoms with Crippen molar-refractivity contribution in [3.63, 3.8) is 0 Å². The molecule has 1 aliphatic rings. The highest BCUT2D eigenvalue weighted by atomic mass is 19.2. The van der Waals surface area contributed by atoms with Gasteiger partial charge in [0, 0.05) is 13.1 Å². The Morgan fingerprint density at radius 1 is 1.08 bits per heavy atom. The molecule has 1 unspecified atom stereocenters. The summed E-state index contributed by atoms with van der Waals surface area (Å²) in [5, 5.41) is 8.77. The first-order valence-corrected chi connectivity index (χ1v) is 7.10. The lowest BCUT2D eigenvalue weighted by Gasteiger charge is -2.46. The Bertz CT molecular complexity index is 643. The number of carbonyl (C=O) groups is 1. The average molecular weight is 355 g/mol. The quantitative estimate of drug-likeness (QED) is 0.493. The van der Waals surface area contributed by atoms with Crippen molar-refractivity contribution in [2.75, 3.05) is 13.1 Å². The number of benzene rings is 1. The Kier molecular flexibility index (Phi) is 4.74. The molecule has 1 N–H and O–H groups in total. The molecule has 1 atom stereocenters. The average Bonchev–Trinajstić information content (AvgIpc) is 2.40. The van der Waals surface area contributed by atoms with Gasteiger partial charge in [-0.3, -0.25) is 0 Å². The number of alkyl halides is 1. The highest BCUT2D eigenvalue weighted by molar-refractivity contribution is 5.66. The maximum atomic E-state index is 14.4. The summed E-state index contributed by atoms with van der Waals surface area (Å²) in [6.07, 6.45) is -4.06. The second-order valence-electron chi connectivity index (χ2n) is 6.53. The molecular weight excluding hydrogens is 340 g/mol.